The van der Waals surface area contributed by atoms with Crippen LogP contribution in [0, 0.1) is 19.7 Å². The van der Waals surface area contributed by atoms with E-state index in [0.29, 0.717) is 16.8 Å². The molecule has 2 aromatic carbocycles. The fourth-order valence-electron chi connectivity index (χ4n) is 3.59. The van der Waals surface area contributed by atoms with Gasteiger partial charge in [0.15, 0.2) is 6.10 Å². The maximum atomic E-state index is 13.2. The van der Waals surface area contributed by atoms with Gasteiger partial charge in [-0.25, -0.2) is 9.18 Å². The number of ether oxygens (including phenoxy) is 1. The van der Waals surface area contributed by atoms with Gasteiger partial charge in [0.25, 0.3) is 0 Å². The summed E-state index contributed by atoms with van der Waals surface area (Å²) in [6.07, 6.45) is 1.10. The summed E-state index contributed by atoms with van der Waals surface area (Å²) in [5.74, 6) is -1.12. The first-order valence-corrected chi connectivity index (χ1v) is 10.1. The predicted octanol–water partition coefficient (Wildman–Crippen LogP) is 5.61. The first-order valence-electron chi connectivity index (χ1n) is 10.1. The first-order chi connectivity index (χ1) is 14.3. The monoisotopic (exact) mass is 407 g/mol. The van der Waals surface area contributed by atoms with Crippen molar-refractivity contribution in [2.45, 2.75) is 46.6 Å². The lowest BCUT2D eigenvalue weighted by Gasteiger charge is -2.13. The van der Waals surface area contributed by atoms with Gasteiger partial charge >= 0.3 is 5.97 Å². The van der Waals surface area contributed by atoms with E-state index in [1.165, 1.54) is 17.7 Å². The molecule has 0 saturated heterocycles. The molecule has 0 aliphatic carbocycles. The number of rotatable bonds is 7. The minimum Gasteiger partial charge on any atom is -0.451 e. The fourth-order valence-corrected chi connectivity index (χ4v) is 3.59. The van der Waals surface area contributed by atoms with Crippen LogP contribution < -0.4 is 0 Å². The highest BCUT2D eigenvalue weighted by Gasteiger charge is 2.24. The molecule has 0 unspecified atom stereocenters. The Morgan fingerprint density at radius 3 is 2.27 bits per heavy atom. The Bertz CT molecular complexity index is 1050. The van der Waals surface area contributed by atoms with E-state index in [1.54, 1.807) is 44.2 Å². The largest absolute Gasteiger partial charge is 0.451 e. The van der Waals surface area contributed by atoms with Crippen LogP contribution in [0.1, 0.15) is 57.9 Å². The summed E-state index contributed by atoms with van der Waals surface area (Å²) in [5.41, 5.74) is 4.32. The number of benzene rings is 2. The minimum absolute atomic E-state index is 0.237. The summed E-state index contributed by atoms with van der Waals surface area (Å²) < 4.78 is 20.6. The number of carbonyl (C=O) groups is 2. The predicted molar refractivity (Wildman–Crippen MR) is 115 cm³/mol. The molecule has 1 aromatic heterocycles. The van der Waals surface area contributed by atoms with E-state index in [2.05, 4.69) is 6.92 Å². The number of hydrogen-bond acceptors (Lipinski definition) is 3. The van der Waals surface area contributed by atoms with Gasteiger partial charge in [0.1, 0.15) is 5.82 Å². The summed E-state index contributed by atoms with van der Waals surface area (Å²) >= 11 is 0. The van der Waals surface area contributed by atoms with Gasteiger partial charge in [-0.1, -0.05) is 37.6 Å². The average molecular weight is 407 g/mol. The molecule has 1 atom stereocenters. The molecule has 0 amide bonds. The maximum absolute atomic E-state index is 13.2. The van der Waals surface area contributed by atoms with Crippen molar-refractivity contribution in [2.24, 2.45) is 0 Å². The molecule has 156 valence electrons. The highest BCUT2D eigenvalue weighted by Crippen LogP contribution is 2.22. The van der Waals surface area contributed by atoms with E-state index in [-0.39, 0.29) is 11.6 Å². The molecule has 0 bridgehead atoms. The van der Waals surface area contributed by atoms with Crippen LogP contribution in [-0.4, -0.2) is 22.4 Å². The fraction of sp³-hybridized carbons (Fsp3) is 0.280. The number of aryl methyl sites for hydroxylation is 2. The number of hydrogen-bond donors (Lipinski definition) is 0. The van der Waals surface area contributed by atoms with E-state index in [1.807, 2.05) is 23.6 Å². The highest BCUT2D eigenvalue weighted by molar-refractivity contribution is 6.01. The van der Waals surface area contributed by atoms with Crippen LogP contribution in [0.25, 0.3) is 5.69 Å². The average Bonchev–Trinajstić information content (AvgIpc) is 3.03. The number of ketones is 1. The lowest BCUT2D eigenvalue weighted by molar-refractivity contribution is 0.0318. The van der Waals surface area contributed by atoms with Gasteiger partial charge in [0, 0.05) is 22.6 Å². The first kappa shape index (κ1) is 21.5. The Hall–Kier alpha value is -3.21. The van der Waals surface area contributed by atoms with Crippen LogP contribution in [-0.2, 0) is 11.2 Å². The van der Waals surface area contributed by atoms with E-state index in [9.17, 15) is 14.0 Å². The minimum atomic E-state index is -0.900. The van der Waals surface area contributed by atoms with Gasteiger partial charge < -0.3 is 9.30 Å². The summed E-state index contributed by atoms with van der Waals surface area (Å²) in [5, 5.41) is 0. The molecule has 0 fully saturated rings. The summed E-state index contributed by atoms with van der Waals surface area (Å²) in [6.45, 7) is 7.35. The van der Waals surface area contributed by atoms with Crippen LogP contribution in [0.3, 0.4) is 0 Å². The van der Waals surface area contributed by atoms with Gasteiger partial charge in [-0.3, -0.25) is 4.79 Å². The van der Waals surface area contributed by atoms with E-state index < -0.39 is 12.1 Å². The molecule has 4 nitrogen and oxygen atoms in total. The number of halogens is 1. The quantitative estimate of drug-likeness (QED) is 0.378. The lowest BCUT2D eigenvalue weighted by atomic mass is 10.0. The molecule has 0 radical (unpaired) electrons. The van der Waals surface area contributed by atoms with Crippen molar-refractivity contribution >= 4 is 11.8 Å². The Balaban J connectivity index is 1.76. The number of nitrogens with zero attached hydrogens (tertiary/aromatic N) is 1. The lowest BCUT2D eigenvalue weighted by Crippen LogP contribution is -2.24. The second-order valence-electron chi connectivity index (χ2n) is 7.46. The Morgan fingerprint density at radius 2 is 1.67 bits per heavy atom. The summed E-state index contributed by atoms with van der Waals surface area (Å²) in [6, 6.07) is 15.2. The third-order valence-corrected chi connectivity index (χ3v) is 5.17. The number of carbonyl (C=O) groups excluding carboxylic acids is 2. The van der Waals surface area contributed by atoms with Gasteiger partial charge in [-0.05, 0) is 63.1 Å². The molecule has 0 N–H and O–H groups in total. The van der Waals surface area contributed by atoms with Crippen molar-refractivity contribution in [3.8, 4) is 5.69 Å². The smallest absolute Gasteiger partial charge is 0.340 e. The molecule has 0 aliphatic heterocycles. The zero-order chi connectivity index (χ0) is 21.8. The van der Waals surface area contributed by atoms with Crippen molar-refractivity contribution in [1.82, 2.24) is 4.57 Å². The molecule has 0 spiro atoms. The van der Waals surface area contributed by atoms with E-state index in [4.69, 9.17) is 4.74 Å². The van der Waals surface area contributed by atoms with Gasteiger partial charge in [0.05, 0.1) is 5.56 Å². The molecular formula is C25H26FNO3. The van der Waals surface area contributed by atoms with E-state index in [0.717, 1.165) is 24.2 Å². The Labute approximate surface area is 176 Å². The summed E-state index contributed by atoms with van der Waals surface area (Å²) in [4.78, 5) is 25.4. The summed E-state index contributed by atoms with van der Waals surface area (Å²) in [7, 11) is 0. The zero-order valence-electron chi connectivity index (χ0n) is 17.7. The molecular weight excluding hydrogens is 381 g/mol. The number of Topliss-reactive ketones (excluding diaryl/α,β-unsaturated/α-hetero) is 1. The van der Waals surface area contributed by atoms with Gasteiger partial charge in [-0.15, -0.1) is 0 Å². The van der Waals surface area contributed by atoms with Crippen LogP contribution in [0.5, 0.6) is 0 Å². The normalized spacial score (nSPS) is 11.9. The Morgan fingerprint density at radius 1 is 1.03 bits per heavy atom. The molecule has 3 rings (SSSR count). The van der Waals surface area contributed by atoms with Gasteiger partial charge in [-0.2, -0.15) is 0 Å². The SMILES string of the molecule is CCCc1ccc(C(=O)[C@H](C)OC(=O)c2cc(C)n(-c3ccc(F)cc3)c2C)cc1. The second kappa shape index (κ2) is 9.08. The van der Waals surface area contributed by atoms with Crippen LogP contribution in [0.2, 0.25) is 0 Å². The zero-order valence-corrected chi connectivity index (χ0v) is 17.7. The molecule has 3 aromatic rings. The third kappa shape index (κ3) is 4.51. The van der Waals surface area contributed by atoms with Gasteiger partial charge in [0.2, 0.25) is 5.78 Å². The van der Waals surface area contributed by atoms with Crippen LogP contribution in [0.4, 0.5) is 4.39 Å². The van der Waals surface area contributed by atoms with Crippen molar-refractivity contribution in [3.63, 3.8) is 0 Å². The van der Waals surface area contributed by atoms with Crippen molar-refractivity contribution in [1.29, 1.82) is 0 Å². The molecule has 5 heteroatoms. The second-order valence-corrected chi connectivity index (χ2v) is 7.46. The number of esters is 1. The van der Waals surface area contributed by atoms with Crippen molar-refractivity contribution in [3.05, 3.63) is 88.5 Å². The highest BCUT2D eigenvalue weighted by atomic mass is 19.1. The maximum Gasteiger partial charge on any atom is 0.340 e. The van der Waals surface area contributed by atoms with Crippen molar-refractivity contribution in [2.75, 3.05) is 0 Å². The molecule has 1 heterocycles. The Kier molecular flexibility index (Phi) is 6.50. The molecule has 0 saturated carbocycles. The topological polar surface area (TPSA) is 48.3 Å². The number of aromatic nitrogens is 1. The molecule has 30 heavy (non-hydrogen) atoms. The van der Waals surface area contributed by atoms with Crippen LogP contribution in [0.15, 0.2) is 54.6 Å². The third-order valence-electron chi connectivity index (χ3n) is 5.17. The molecule has 0 aliphatic rings. The van der Waals surface area contributed by atoms with Crippen molar-refractivity contribution < 1.29 is 18.7 Å². The standard InChI is InChI=1S/C25H26FNO3/c1-5-6-19-7-9-20(10-8-19)24(28)18(4)30-25(29)23-15-16(2)27(17(23)3)22-13-11-21(26)12-14-22/h7-15,18H,5-6H2,1-4H3/t18-/m0/s1. The van der Waals surface area contributed by atoms with E-state index >= 15 is 0 Å². The van der Waals surface area contributed by atoms with Crippen LogP contribution >= 0.6 is 0 Å².